The Morgan fingerprint density at radius 1 is 0.768 bits per heavy atom. The van der Waals surface area contributed by atoms with Crippen LogP contribution < -0.4 is 10.6 Å². The van der Waals surface area contributed by atoms with Crippen molar-refractivity contribution in [2.45, 2.75) is 64.8 Å². The molecule has 2 atom stereocenters. The lowest BCUT2D eigenvalue weighted by Gasteiger charge is -2.30. The number of carbonyl (C=O) groups excluding carboxylic acids is 4. The molecule has 3 amide bonds. The number of aromatic nitrogens is 2. The number of ether oxygens (including phenoxy) is 2. The van der Waals surface area contributed by atoms with Crippen LogP contribution in [0.25, 0.3) is 21.5 Å². The predicted octanol–water partition coefficient (Wildman–Crippen LogP) is 7.36. The summed E-state index contributed by atoms with van der Waals surface area (Å²) in [6, 6.07) is 32.7. The maximum Gasteiger partial charge on any atom is 0.407 e. The minimum Gasteiger partial charge on any atom is -0.460 e. The van der Waals surface area contributed by atoms with E-state index in [9.17, 15) is 19.2 Å². The predicted molar refractivity (Wildman–Crippen MR) is 212 cm³/mol. The van der Waals surface area contributed by atoms with Gasteiger partial charge in [-0.05, 0) is 83.2 Å². The van der Waals surface area contributed by atoms with E-state index in [1.54, 1.807) is 59.0 Å². The Morgan fingerprint density at radius 3 is 2.02 bits per heavy atom. The highest BCUT2D eigenvalue weighted by atomic mass is 16.6. The maximum absolute atomic E-state index is 14.8. The highest BCUT2D eigenvalue weighted by Crippen LogP contribution is 2.27. The monoisotopic (exact) mass is 755 g/mol. The molecule has 6 aromatic rings. The molecule has 0 saturated heterocycles. The highest BCUT2D eigenvalue weighted by molar-refractivity contribution is 5.98. The molecular weight excluding hydrogens is 711 g/mol. The Bertz CT molecular complexity index is 2370. The number of hydrogen-bond donors (Lipinski definition) is 2. The average molecular weight is 756 g/mol. The van der Waals surface area contributed by atoms with Crippen LogP contribution in [0.2, 0.25) is 0 Å². The number of carbonyl (C=O) groups is 4. The van der Waals surface area contributed by atoms with Gasteiger partial charge in [-0.2, -0.15) is 4.98 Å². The molecule has 0 radical (unpaired) electrons. The summed E-state index contributed by atoms with van der Waals surface area (Å²) in [5.41, 5.74) is 2.03. The van der Waals surface area contributed by atoms with Crippen molar-refractivity contribution < 1.29 is 33.2 Å². The molecule has 0 spiro atoms. The van der Waals surface area contributed by atoms with Crippen molar-refractivity contribution in [3.63, 3.8) is 0 Å². The van der Waals surface area contributed by atoms with Gasteiger partial charge in [-0.25, -0.2) is 9.59 Å². The molecule has 56 heavy (non-hydrogen) atoms. The summed E-state index contributed by atoms with van der Waals surface area (Å²) < 4.78 is 16.1. The quantitative estimate of drug-likeness (QED) is 0.115. The third kappa shape index (κ3) is 9.94. The second-order valence-corrected chi connectivity index (χ2v) is 14.5. The fourth-order valence-electron chi connectivity index (χ4n) is 6.38. The molecular formula is C44H45N5O7. The molecule has 0 saturated carbocycles. The number of rotatable bonds is 13. The number of nitrogens with one attached hydrogen (secondary N) is 2. The van der Waals surface area contributed by atoms with Crippen LogP contribution in [-0.2, 0) is 33.7 Å². The number of nitrogens with zero attached hydrogens (tertiary/aromatic N) is 3. The van der Waals surface area contributed by atoms with Crippen molar-refractivity contribution in [1.82, 2.24) is 25.7 Å². The third-order valence-corrected chi connectivity index (χ3v) is 9.12. The van der Waals surface area contributed by atoms with E-state index in [0.717, 1.165) is 32.7 Å². The van der Waals surface area contributed by atoms with Crippen LogP contribution in [0.1, 0.15) is 77.3 Å². The molecule has 0 aliphatic heterocycles. The van der Waals surface area contributed by atoms with Crippen molar-refractivity contribution in [1.29, 1.82) is 0 Å². The lowest BCUT2D eigenvalue weighted by molar-refractivity contribution is -0.134. The average Bonchev–Trinajstić information content (AvgIpc) is 3.68. The lowest BCUT2D eigenvalue weighted by Crippen LogP contribution is -2.49. The van der Waals surface area contributed by atoms with Gasteiger partial charge >= 0.3 is 12.1 Å². The van der Waals surface area contributed by atoms with Crippen LogP contribution in [0.4, 0.5) is 4.79 Å². The highest BCUT2D eigenvalue weighted by Gasteiger charge is 2.34. The van der Waals surface area contributed by atoms with E-state index in [-0.39, 0.29) is 37.7 Å². The van der Waals surface area contributed by atoms with E-state index in [1.165, 1.54) is 4.90 Å². The number of fused-ring (bicyclic) bond motifs is 2. The van der Waals surface area contributed by atoms with Gasteiger partial charge in [0.25, 0.3) is 11.7 Å². The third-order valence-electron chi connectivity index (χ3n) is 9.12. The molecule has 0 bridgehead atoms. The first kappa shape index (κ1) is 39.1. The number of likely N-dealkylation sites (N-methyl/N-ethyl adjacent to an activating group) is 1. The van der Waals surface area contributed by atoms with Gasteiger partial charge in [0.2, 0.25) is 11.8 Å². The Hall–Kier alpha value is -6.56. The second-order valence-electron chi connectivity index (χ2n) is 14.5. The van der Waals surface area contributed by atoms with Crippen LogP contribution in [0.15, 0.2) is 114 Å². The van der Waals surface area contributed by atoms with Crippen LogP contribution in [0.3, 0.4) is 0 Å². The van der Waals surface area contributed by atoms with Gasteiger partial charge < -0.3 is 29.5 Å². The molecule has 6 rings (SSSR count). The van der Waals surface area contributed by atoms with Gasteiger partial charge in [0.1, 0.15) is 17.7 Å². The Kier molecular flexibility index (Phi) is 12.1. The zero-order valence-electron chi connectivity index (χ0n) is 32.1. The molecule has 12 nitrogen and oxygen atoms in total. The fraction of sp³-hybridized carbons (Fsp3) is 0.273. The van der Waals surface area contributed by atoms with Crippen molar-refractivity contribution in [3.05, 3.63) is 143 Å². The number of amides is 3. The Balaban J connectivity index is 1.31. The van der Waals surface area contributed by atoms with Gasteiger partial charge in [-0.3, -0.25) is 9.59 Å². The standard InChI is InChI=1S/C44H45N5O7/c1-6-54-42(52)38-47-40(56-48-38)37(26-29-19-21-32-14-8-10-16-34(32)23-29)49(5)41(51)36(25-28-18-20-31-13-7-9-15-33(31)22-28)46-39(50)35-17-11-12-30(24-35)27-45-43(53)55-44(2,3)4/h7-24,36-37H,6,25-27H2,1-5H3,(H,45,53)(H,46,50). The fourth-order valence-corrected chi connectivity index (χ4v) is 6.38. The smallest absolute Gasteiger partial charge is 0.407 e. The minimum atomic E-state index is -1.04. The molecule has 288 valence electrons. The van der Waals surface area contributed by atoms with Gasteiger partial charge in [0, 0.05) is 32.0 Å². The Morgan fingerprint density at radius 2 is 1.39 bits per heavy atom. The second kappa shape index (κ2) is 17.3. The van der Waals surface area contributed by atoms with E-state index in [0.29, 0.717) is 11.1 Å². The molecule has 12 heteroatoms. The summed E-state index contributed by atoms with van der Waals surface area (Å²) in [6.45, 7) is 7.26. The first-order chi connectivity index (χ1) is 26.9. The Labute approximate surface area is 325 Å². The molecule has 1 heterocycles. The van der Waals surface area contributed by atoms with Gasteiger partial charge in [-0.1, -0.05) is 97.1 Å². The van der Waals surface area contributed by atoms with E-state index in [4.69, 9.17) is 14.0 Å². The number of hydrogen-bond acceptors (Lipinski definition) is 9. The van der Waals surface area contributed by atoms with Crippen molar-refractivity contribution in [2.75, 3.05) is 13.7 Å². The van der Waals surface area contributed by atoms with E-state index >= 15 is 0 Å². The van der Waals surface area contributed by atoms with Gasteiger partial charge in [-0.15, -0.1) is 0 Å². The minimum absolute atomic E-state index is 0.0398. The summed E-state index contributed by atoms with van der Waals surface area (Å²) in [4.78, 5) is 59.4. The van der Waals surface area contributed by atoms with Crippen molar-refractivity contribution in [2.24, 2.45) is 0 Å². The molecule has 0 aliphatic carbocycles. The molecule has 2 unspecified atom stereocenters. The summed E-state index contributed by atoms with van der Waals surface area (Å²) in [7, 11) is 1.62. The zero-order valence-corrected chi connectivity index (χ0v) is 32.1. The molecule has 2 N–H and O–H groups in total. The van der Waals surface area contributed by atoms with Gasteiger partial charge in [0.15, 0.2) is 0 Å². The van der Waals surface area contributed by atoms with Crippen molar-refractivity contribution >= 4 is 45.4 Å². The summed E-state index contributed by atoms with van der Waals surface area (Å²) in [6.07, 6.45) is -0.147. The normalized spacial score (nSPS) is 12.4. The number of benzene rings is 5. The first-order valence-corrected chi connectivity index (χ1v) is 18.5. The first-order valence-electron chi connectivity index (χ1n) is 18.5. The lowest BCUT2D eigenvalue weighted by atomic mass is 9.98. The van der Waals surface area contributed by atoms with E-state index in [1.807, 2.05) is 84.9 Å². The number of alkyl carbamates (subject to hydrolysis) is 1. The molecule has 0 fully saturated rings. The largest absolute Gasteiger partial charge is 0.460 e. The maximum atomic E-state index is 14.8. The number of esters is 1. The van der Waals surface area contributed by atoms with Crippen LogP contribution in [0.5, 0.6) is 0 Å². The van der Waals surface area contributed by atoms with Crippen molar-refractivity contribution in [3.8, 4) is 0 Å². The molecule has 0 aliphatic rings. The summed E-state index contributed by atoms with van der Waals surface area (Å²) in [5, 5.41) is 13.7. The zero-order chi connectivity index (χ0) is 39.8. The molecule has 5 aromatic carbocycles. The summed E-state index contributed by atoms with van der Waals surface area (Å²) >= 11 is 0. The van der Waals surface area contributed by atoms with Crippen LogP contribution in [0, 0.1) is 0 Å². The summed E-state index contributed by atoms with van der Waals surface area (Å²) in [5.74, 6) is -1.86. The van der Waals surface area contributed by atoms with E-state index in [2.05, 4.69) is 20.8 Å². The van der Waals surface area contributed by atoms with E-state index < -0.39 is 41.6 Å². The van der Waals surface area contributed by atoms with Gasteiger partial charge in [0.05, 0.1) is 6.61 Å². The topological polar surface area (TPSA) is 153 Å². The van der Waals surface area contributed by atoms with Crippen LogP contribution >= 0.6 is 0 Å². The SMILES string of the molecule is CCOC(=O)c1noc(C(Cc2ccc3ccccc3c2)N(C)C(=O)C(Cc2ccc3ccccc3c2)NC(=O)c2cccc(CNC(=O)OC(C)(C)C)c2)n1. The molecule has 1 aromatic heterocycles. The van der Waals surface area contributed by atoms with Crippen LogP contribution in [-0.4, -0.2) is 64.2 Å².